The van der Waals surface area contributed by atoms with Gasteiger partial charge in [-0.25, -0.2) is 4.79 Å². The molecule has 35 heavy (non-hydrogen) atoms. The number of piperidine rings is 1. The van der Waals surface area contributed by atoms with E-state index in [0.717, 1.165) is 0 Å². The Balaban J connectivity index is 1.24. The quantitative estimate of drug-likeness (QED) is 0.603. The average Bonchev–Trinajstić information content (AvgIpc) is 3.16. The van der Waals surface area contributed by atoms with Crippen molar-refractivity contribution in [3.8, 4) is 11.1 Å². The summed E-state index contributed by atoms with van der Waals surface area (Å²) in [5.41, 5.74) is 4.74. The topological polar surface area (TPSA) is 99.2 Å². The van der Waals surface area contributed by atoms with E-state index in [1.807, 2.05) is 43.0 Å². The molecule has 0 atom stereocenters. The first-order valence-electron chi connectivity index (χ1n) is 12.2. The van der Waals surface area contributed by atoms with Crippen LogP contribution in [0.2, 0.25) is 0 Å². The van der Waals surface area contributed by atoms with Crippen LogP contribution in [0.4, 0.5) is 4.79 Å². The standard InChI is InChI=1S/C27H33N3O5/c1-18(2)30(16-26(32)33)25(31)15-29-13-11-19(12-14-29)28-27(34)35-17-24-22-9-5-3-7-20(22)21-8-4-6-10-23(21)24/h3-10,18-19,24H,11-17H2,1-2H3,(H,28,34)(H,32,33). The molecule has 2 aromatic carbocycles. The summed E-state index contributed by atoms with van der Waals surface area (Å²) >= 11 is 0. The van der Waals surface area contributed by atoms with Crippen LogP contribution >= 0.6 is 0 Å². The highest BCUT2D eigenvalue weighted by atomic mass is 16.5. The number of amides is 2. The van der Waals surface area contributed by atoms with Crippen molar-refractivity contribution in [2.75, 3.05) is 32.8 Å². The van der Waals surface area contributed by atoms with Crippen molar-refractivity contribution in [1.29, 1.82) is 0 Å². The van der Waals surface area contributed by atoms with E-state index in [-0.39, 0.29) is 43.6 Å². The molecule has 8 heteroatoms. The van der Waals surface area contributed by atoms with Crippen LogP contribution in [0.15, 0.2) is 48.5 Å². The minimum atomic E-state index is -1.02. The Hall–Kier alpha value is -3.39. The van der Waals surface area contributed by atoms with Gasteiger partial charge >= 0.3 is 12.1 Å². The van der Waals surface area contributed by atoms with E-state index in [9.17, 15) is 14.4 Å². The number of hydrogen-bond acceptors (Lipinski definition) is 5. The number of benzene rings is 2. The molecule has 0 bridgehead atoms. The summed E-state index contributed by atoms with van der Waals surface area (Å²) in [5.74, 6) is -1.18. The van der Waals surface area contributed by atoms with Crippen LogP contribution in [0.1, 0.15) is 43.7 Å². The summed E-state index contributed by atoms with van der Waals surface area (Å²) in [5, 5.41) is 12.0. The molecule has 8 nitrogen and oxygen atoms in total. The lowest BCUT2D eigenvalue weighted by Crippen LogP contribution is -2.50. The van der Waals surface area contributed by atoms with Crippen LogP contribution in [-0.4, -0.2) is 77.7 Å². The third-order valence-corrected chi connectivity index (χ3v) is 6.86. The number of rotatable bonds is 8. The number of nitrogens with one attached hydrogen (secondary N) is 1. The van der Waals surface area contributed by atoms with E-state index in [2.05, 4.69) is 29.6 Å². The third kappa shape index (κ3) is 5.82. The largest absolute Gasteiger partial charge is 0.480 e. The van der Waals surface area contributed by atoms with Crippen molar-refractivity contribution in [2.24, 2.45) is 0 Å². The fourth-order valence-corrected chi connectivity index (χ4v) is 5.03. The molecule has 0 saturated carbocycles. The molecule has 1 heterocycles. The van der Waals surface area contributed by atoms with Gasteiger partial charge in [0.25, 0.3) is 0 Å². The number of carboxylic acid groups (broad SMARTS) is 1. The molecule has 2 N–H and O–H groups in total. The zero-order valence-corrected chi connectivity index (χ0v) is 20.3. The highest BCUT2D eigenvalue weighted by Crippen LogP contribution is 2.44. The molecule has 2 amide bonds. The van der Waals surface area contributed by atoms with E-state index in [4.69, 9.17) is 9.84 Å². The third-order valence-electron chi connectivity index (χ3n) is 6.86. The van der Waals surface area contributed by atoms with Gasteiger partial charge in [-0.15, -0.1) is 0 Å². The van der Waals surface area contributed by atoms with Crippen molar-refractivity contribution in [2.45, 2.75) is 44.7 Å². The van der Waals surface area contributed by atoms with Gasteiger partial charge < -0.3 is 20.1 Å². The van der Waals surface area contributed by atoms with Crippen LogP contribution < -0.4 is 5.32 Å². The molecule has 2 aliphatic rings. The number of aliphatic carboxylic acids is 1. The maximum Gasteiger partial charge on any atom is 0.407 e. The van der Waals surface area contributed by atoms with Crippen molar-refractivity contribution >= 4 is 18.0 Å². The van der Waals surface area contributed by atoms with Crippen molar-refractivity contribution < 1.29 is 24.2 Å². The maximum atomic E-state index is 12.6. The predicted octanol–water partition coefficient (Wildman–Crippen LogP) is 3.31. The second-order valence-electron chi connectivity index (χ2n) is 9.53. The second kappa shape index (κ2) is 10.9. The minimum absolute atomic E-state index is 0.0165. The lowest BCUT2D eigenvalue weighted by atomic mass is 9.98. The van der Waals surface area contributed by atoms with E-state index >= 15 is 0 Å². The Morgan fingerprint density at radius 2 is 1.60 bits per heavy atom. The van der Waals surface area contributed by atoms with Gasteiger partial charge in [0.2, 0.25) is 5.91 Å². The number of fused-ring (bicyclic) bond motifs is 3. The SMILES string of the molecule is CC(C)N(CC(=O)O)C(=O)CN1CCC(NC(=O)OCC2c3ccccc3-c3ccccc32)CC1. The lowest BCUT2D eigenvalue weighted by molar-refractivity contribution is -0.146. The highest BCUT2D eigenvalue weighted by molar-refractivity contribution is 5.83. The van der Waals surface area contributed by atoms with Gasteiger partial charge in [0.05, 0.1) is 6.54 Å². The number of carboxylic acids is 1. The van der Waals surface area contributed by atoms with Crippen LogP contribution in [0, 0.1) is 0 Å². The Kier molecular flexibility index (Phi) is 7.70. The molecule has 0 spiro atoms. The van der Waals surface area contributed by atoms with Crippen LogP contribution in [0.5, 0.6) is 0 Å². The second-order valence-corrected chi connectivity index (χ2v) is 9.53. The average molecular weight is 480 g/mol. The van der Waals surface area contributed by atoms with Gasteiger partial charge in [-0.3, -0.25) is 14.5 Å². The number of alkyl carbamates (subject to hydrolysis) is 1. The van der Waals surface area contributed by atoms with Gasteiger partial charge in [0.1, 0.15) is 13.2 Å². The monoisotopic (exact) mass is 479 g/mol. The Bertz CT molecular complexity index is 1030. The molecule has 1 aliphatic carbocycles. The Labute approximate surface area is 205 Å². The first-order chi connectivity index (χ1) is 16.8. The zero-order chi connectivity index (χ0) is 24.9. The van der Waals surface area contributed by atoms with Gasteiger partial charge in [0.15, 0.2) is 0 Å². The molecule has 0 radical (unpaired) electrons. The van der Waals surface area contributed by atoms with Crippen molar-refractivity contribution in [3.63, 3.8) is 0 Å². The Morgan fingerprint density at radius 3 is 2.14 bits per heavy atom. The summed E-state index contributed by atoms with van der Waals surface area (Å²) in [4.78, 5) is 39.6. The number of ether oxygens (including phenoxy) is 1. The molecular weight excluding hydrogens is 446 g/mol. The number of carbonyl (C=O) groups excluding carboxylic acids is 2. The van der Waals surface area contributed by atoms with Gasteiger partial charge in [-0.05, 0) is 48.9 Å². The summed E-state index contributed by atoms with van der Waals surface area (Å²) in [6.45, 7) is 5.09. The molecule has 2 aromatic rings. The Morgan fingerprint density at radius 1 is 1.03 bits per heavy atom. The first-order valence-corrected chi connectivity index (χ1v) is 12.2. The number of hydrogen-bond donors (Lipinski definition) is 2. The van der Waals surface area contributed by atoms with Crippen LogP contribution in [-0.2, 0) is 14.3 Å². The zero-order valence-electron chi connectivity index (χ0n) is 20.3. The van der Waals surface area contributed by atoms with E-state index in [0.29, 0.717) is 25.9 Å². The van der Waals surface area contributed by atoms with Gasteiger partial charge in [-0.2, -0.15) is 0 Å². The molecule has 186 valence electrons. The molecule has 1 aliphatic heterocycles. The summed E-state index contributed by atoms with van der Waals surface area (Å²) < 4.78 is 5.65. The molecule has 4 rings (SSSR count). The first kappa shape index (κ1) is 24.7. The summed E-state index contributed by atoms with van der Waals surface area (Å²) in [7, 11) is 0. The van der Waals surface area contributed by atoms with E-state index in [1.54, 1.807) is 0 Å². The lowest BCUT2D eigenvalue weighted by Gasteiger charge is -2.34. The summed E-state index contributed by atoms with van der Waals surface area (Å²) in [6, 6.07) is 16.3. The fraction of sp³-hybridized carbons (Fsp3) is 0.444. The molecule has 0 aromatic heterocycles. The normalized spacial score (nSPS) is 16.0. The van der Waals surface area contributed by atoms with Crippen molar-refractivity contribution in [3.05, 3.63) is 59.7 Å². The van der Waals surface area contributed by atoms with Gasteiger partial charge in [0, 0.05) is 31.1 Å². The molecule has 1 saturated heterocycles. The fourth-order valence-electron chi connectivity index (χ4n) is 5.03. The smallest absolute Gasteiger partial charge is 0.407 e. The van der Waals surface area contributed by atoms with E-state index < -0.39 is 12.1 Å². The van der Waals surface area contributed by atoms with Crippen molar-refractivity contribution in [1.82, 2.24) is 15.1 Å². The number of likely N-dealkylation sites (tertiary alicyclic amines) is 1. The van der Waals surface area contributed by atoms with Gasteiger partial charge in [-0.1, -0.05) is 48.5 Å². The van der Waals surface area contributed by atoms with E-state index in [1.165, 1.54) is 27.2 Å². The summed E-state index contributed by atoms with van der Waals surface area (Å²) in [6.07, 6.45) is 0.990. The predicted molar refractivity (Wildman–Crippen MR) is 132 cm³/mol. The minimum Gasteiger partial charge on any atom is -0.480 e. The molecular formula is C27H33N3O5. The number of carbonyl (C=O) groups is 3. The highest BCUT2D eigenvalue weighted by Gasteiger charge is 2.30. The molecule has 1 fully saturated rings. The number of nitrogens with zero attached hydrogens (tertiary/aromatic N) is 2. The maximum absolute atomic E-state index is 12.6. The molecule has 0 unspecified atom stereocenters. The van der Waals surface area contributed by atoms with Crippen LogP contribution in [0.25, 0.3) is 11.1 Å². The van der Waals surface area contributed by atoms with Crippen LogP contribution in [0.3, 0.4) is 0 Å².